The van der Waals surface area contributed by atoms with E-state index in [1.165, 1.54) is 24.3 Å². The summed E-state index contributed by atoms with van der Waals surface area (Å²) in [7, 11) is 0. The first kappa shape index (κ1) is 19.6. The van der Waals surface area contributed by atoms with E-state index in [2.05, 4.69) is 15.5 Å². The van der Waals surface area contributed by atoms with Crippen molar-refractivity contribution in [2.24, 2.45) is 0 Å². The van der Waals surface area contributed by atoms with Crippen LogP contribution in [-0.4, -0.2) is 43.4 Å². The molecule has 1 fully saturated rings. The van der Waals surface area contributed by atoms with E-state index >= 15 is 0 Å². The van der Waals surface area contributed by atoms with Crippen molar-refractivity contribution >= 4 is 17.7 Å². The second kappa shape index (κ2) is 9.18. The minimum absolute atomic E-state index is 0.189. The van der Waals surface area contributed by atoms with Crippen LogP contribution in [-0.2, 0) is 17.8 Å². The second-order valence-electron chi connectivity index (χ2n) is 6.41. The number of nitrogens with zero attached hydrogens (tertiary/aromatic N) is 1. The summed E-state index contributed by atoms with van der Waals surface area (Å²) in [6.45, 7) is 3.12. The summed E-state index contributed by atoms with van der Waals surface area (Å²) in [6.07, 6.45) is 0. The summed E-state index contributed by atoms with van der Waals surface area (Å²) >= 11 is 0. The summed E-state index contributed by atoms with van der Waals surface area (Å²) in [5, 5.41) is 14.3. The highest BCUT2D eigenvalue weighted by Gasteiger charge is 2.16. The summed E-state index contributed by atoms with van der Waals surface area (Å²) in [5.41, 5.74) is 2.55. The van der Waals surface area contributed by atoms with Crippen molar-refractivity contribution in [2.45, 2.75) is 13.1 Å². The molecule has 7 nitrogen and oxygen atoms in total. The van der Waals surface area contributed by atoms with Gasteiger partial charge in [-0.2, -0.15) is 0 Å². The minimum Gasteiger partial charge on any atom is -0.478 e. The van der Waals surface area contributed by atoms with E-state index in [1.807, 2.05) is 0 Å². The van der Waals surface area contributed by atoms with E-state index in [9.17, 15) is 14.0 Å². The van der Waals surface area contributed by atoms with Crippen LogP contribution in [0.25, 0.3) is 0 Å². The van der Waals surface area contributed by atoms with Crippen molar-refractivity contribution in [3.8, 4) is 0 Å². The minimum atomic E-state index is -0.997. The number of aromatic carboxylic acids is 1. The number of carboxylic acids is 1. The number of amides is 2. The number of carbonyl (C=O) groups excluding carboxylic acids is 1. The Bertz CT molecular complexity index is 836. The lowest BCUT2D eigenvalue weighted by Crippen LogP contribution is -2.38. The zero-order chi connectivity index (χ0) is 19.9. The predicted octanol–water partition coefficient (Wildman–Crippen LogP) is 2.36. The number of nitrogens with one attached hydrogen (secondary N) is 2. The van der Waals surface area contributed by atoms with Gasteiger partial charge in [-0.25, -0.2) is 14.0 Å². The van der Waals surface area contributed by atoms with Gasteiger partial charge in [0.1, 0.15) is 5.82 Å². The number of hydrogen-bond acceptors (Lipinski definition) is 4. The van der Waals surface area contributed by atoms with Crippen LogP contribution >= 0.6 is 0 Å². The lowest BCUT2D eigenvalue weighted by Gasteiger charge is -2.30. The summed E-state index contributed by atoms with van der Waals surface area (Å²) < 4.78 is 19.0. The smallest absolute Gasteiger partial charge is 0.335 e. The van der Waals surface area contributed by atoms with Crippen molar-refractivity contribution in [3.63, 3.8) is 0 Å². The van der Waals surface area contributed by atoms with Gasteiger partial charge in [-0.05, 0) is 41.5 Å². The zero-order valence-electron chi connectivity index (χ0n) is 15.3. The molecule has 28 heavy (non-hydrogen) atoms. The summed E-state index contributed by atoms with van der Waals surface area (Å²) in [6, 6.07) is 10.4. The van der Waals surface area contributed by atoms with Crippen molar-refractivity contribution in [1.82, 2.24) is 10.6 Å². The number of halogens is 1. The molecule has 1 saturated heterocycles. The Morgan fingerprint density at radius 1 is 1.04 bits per heavy atom. The van der Waals surface area contributed by atoms with Gasteiger partial charge in [0.25, 0.3) is 0 Å². The van der Waals surface area contributed by atoms with Crippen LogP contribution in [0.5, 0.6) is 0 Å². The van der Waals surface area contributed by atoms with Gasteiger partial charge >= 0.3 is 12.0 Å². The third-order valence-electron chi connectivity index (χ3n) is 4.49. The van der Waals surface area contributed by atoms with Gasteiger partial charge in [-0.15, -0.1) is 0 Å². The Kier molecular flexibility index (Phi) is 6.44. The number of carbonyl (C=O) groups is 2. The van der Waals surface area contributed by atoms with E-state index in [-0.39, 0.29) is 30.5 Å². The molecule has 0 bridgehead atoms. The number of benzene rings is 2. The van der Waals surface area contributed by atoms with E-state index in [0.717, 1.165) is 24.3 Å². The molecule has 0 aromatic heterocycles. The molecule has 1 aliphatic heterocycles. The molecule has 0 atom stereocenters. The first-order chi connectivity index (χ1) is 13.5. The fourth-order valence-corrected chi connectivity index (χ4v) is 2.99. The third-order valence-corrected chi connectivity index (χ3v) is 4.49. The highest BCUT2D eigenvalue weighted by Crippen LogP contribution is 2.22. The van der Waals surface area contributed by atoms with Gasteiger partial charge in [-0.1, -0.05) is 12.1 Å². The van der Waals surface area contributed by atoms with Crippen LogP contribution in [0.1, 0.15) is 21.5 Å². The van der Waals surface area contributed by atoms with E-state index in [1.54, 1.807) is 18.2 Å². The molecule has 2 aromatic carbocycles. The van der Waals surface area contributed by atoms with Crippen LogP contribution in [0.15, 0.2) is 42.5 Å². The maximum atomic E-state index is 13.7. The first-order valence-electron chi connectivity index (χ1n) is 8.98. The normalized spacial score (nSPS) is 13.8. The molecule has 1 aliphatic rings. The van der Waals surface area contributed by atoms with Gasteiger partial charge in [0.05, 0.1) is 18.8 Å². The van der Waals surface area contributed by atoms with Crippen molar-refractivity contribution in [1.29, 1.82) is 0 Å². The van der Waals surface area contributed by atoms with Crippen molar-refractivity contribution < 1.29 is 23.8 Å². The van der Waals surface area contributed by atoms with Gasteiger partial charge in [0, 0.05) is 31.9 Å². The second-order valence-corrected chi connectivity index (χ2v) is 6.41. The Labute approximate surface area is 162 Å². The highest BCUT2D eigenvalue weighted by atomic mass is 19.1. The number of carboxylic acid groups (broad SMARTS) is 1. The molecular weight excluding hydrogens is 365 g/mol. The van der Waals surface area contributed by atoms with Crippen LogP contribution in [0.2, 0.25) is 0 Å². The molecule has 0 unspecified atom stereocenters. The molecule has 8 heteroatoms. The first-order valence-corrected chi connectivity index (χ1v) is 8.98. The molecule has 0 spiro atoms. The van der Waals surface area contributed by atoms with E-state index in [4.69, 9.17) is 9.84 Å². The quantitative estimate of drug-likeness (QED) is 0.708. The SMILES string of the molecule is O=C(NCc1ccc(C(=O)O)cc1)NCc1cc(F)ccc1N1CCOCC1. The van der Waals surface area contributed by atoms with Crippen molar-refractivity contribution in [2.75, 3.05) is 31.2 Å². The van der Waals surface area contributed by atoms with Crippen LogP contribution in [0, 0.1) is 5.82 Å². The fraction of sp³-hybridized carbons (Fsp3) is 0.300. The largest absolute Gasteiger partial charge is 0.478 e. The monoisotopic (exact) mass is 387 g/mol. The van der Waals surface area contributed by atoms with Crippen LogP contribution in [0.4, 0.5) is 14.9 Å². The molecule has 148 valence electrons. The number of urea groups is 1. The number of morpholine rings is 1. The Hall–Kier alpha value is -3.13. The van der Waals surface area contributed by atoms with Crippen LogP contribution < -0.4 is 15.5 Å². The average molecular weight is 387 g/mol. The summed E-state index contributed by atoms with van der Waals surface area (Å²) in [5.74, 6) is -1.35. The molecule has 1 heterocycles. The van der Waals surface area contributed by atoms with Gasteiger partial charge in [-0.3, -0.25) is 0 Å². The number of anilines is 1. The zero-order valence-corrected chi connectivity index (χ0v) is 15.3. The average Bonchev–Trinajstić information content (AvgIpc) is 2.71. The number of ether oxygens (including phenoxy) is 1. The Balaban J connectivity index is 1.55. The number of rotatable bonds is 6. The third kappa shape index (κ3) is 5.20. The Morgan fingerprint density at radius 2 is 1.71 bits per heavy atom. The molecule has 2 amide bonds. The lowest BCUT2D eigenvalue weighted by molar-refractivity contribution is 0.0697. The molecule has 3 rings (SSSR count). The molecule has 0 radical (unpaired) electrons. The lowest BCUT2D eigenvalue weighted by atomic mass is 10.1. The Morgan fingerprint density at radius 3 is 2.39 bits per heavy atom. The molecule has 2 aromatic rings. The maximum Gasteiger partial charge on any atom is 0.335 e. The standard InChI is InChI=1S/C20H22FN3O4/c21-17-5-6-18(24-7-9-28-10-8-24)16(11-17)13-23-20(27)22-12-14-1-3-15(4-2-14)19(25)26/h1-6,11H,7-10,12-13H2,(H,25,26)(H2,22,23,27). The molecule has 0 saturated carbocycles. The molecular formula is C20H22FN3O4. The van der Waals surface area contributed by atoms with Gasteiger partial charge < -0.3 is 25.4 Å². The van der Waals surface area contributed by atoms with Gasteiger partial charge in [0.15, 0.2) is 0 Å². The van der Waals surface area contributed by atoms with E-state index < -0.39 is 5.97 Å². The topological polar surface area (TPSA) is 90.9 Å². The highest BCUT2D eigenvalue weighted by molar-refractivity contribution is 5.87. The van der Waals surface area contributed by atoms with Gasteiger partial charge in [0.2, 0.25) is 0 Å². The van der Waals surface area contributed by atoms with E-state index in [0.29, 0.717) is 18.8 Å². The molecule has 0 aliphatic carbocycles. The predicted molar refractivity (Wildman–Crippen MR) is 102 cm³/mol. The van der Waals surface area contributed by atoms with Crippen molar-refractivity contribution in [3.05, 3.63) is 65.0 Å². The molecule has 3 N–H and O–H groups in total. The fourth-order valence-electron chi connectivity index (χ4n) is 2.99. The summed E-state index contributed by atoms with van der Waals surface area (Å²) in [4.78, 5) is 25.1. The van der Waals surface area contributed by atoms with Crippen LogP contribution in [0.3, 0.4) is 0 Å². The number of hydrogen-bond donors (Lipinski definition) is 3. The maximum absolute atomic E-state index is 13.7.